The van der Waals surface area contributed by atoms with E-state index in [-0.39, 0.29) is 13.2 Å². The molecule has 0 spiro atoms. The zero-order chi connectivity index (χ0) is 15.7. The van der Waals surface area contributed by atoms with E-state index in [9.17, 15) is 14.7 Å². The standard InChI is InChI=1S/C15H22N2O4/c1-15(20,11-21-2)10-17-14(19)13(18)16-9-8-12-6-4-3-5-7-12/h3-7,20H,8-11H2,1-2H3,(H,16,18)(H,17,19)/t15-/m0/s1. The van der Waals surface area contributed by atoms with Gasteiger partial charge in [0, 0.05) is 20.2 Å². The van der Waals surface area contributed by atoms with Crippen molar-refractivity contribution in [3.63, 3.8) is 0 Å². The number of benzene rings is 1. The molecule has 0 aliphatic carbocycles. The molecule has 0 radical (unpaired) electrons. The van der Waals surface area contributed by atoms with Gasteiger partial charge >= 0.3 is 11.8 Å². The quantitative estimate of drug-likeness (QED) is 0.611. The molecular weight excluding hydrogens is 272 g/mol. The summed E-state index contributed by atoms with van der Waals surface area (Å²) in [4.78, 5) is 23.1. The number of hydrogen-bond donors (Lipinski definition) is 3. The van der Waals surface area contributed by atoms with Gasteiger partial charge in [0.25, 0.3) is 0 Å². The monoisotopic (exact) mass is 294 g/mol. The topological polar surface area (TPSA) is 87.7 Å². The van der Waals surface area contributed by atoms with Crippen LogP contribution in [0.1, 0.15) is 12.5 Å². The first-order valence-corrected chi connectivity index (χ1v) is 6.76. The van der Waals surface area contributed by atoms with Crippen LogP contribution in [-0.2, 0) is 20.7 Å². The van der Waals surface area contributed by atoms with E-state index in [1.807, 2.05) is 30.3 Å². The molecule has 6 nitrogen and oxygen atoms in total. The van der Waals surface area contributed by atoms with E-state index in [1.165, 1.54) is 14.0 Å². The van der Waals surface area contributed by atoms with Crippen molar-refractivity contribution in [2.75, 3.05) is 26.8 Å². The molecule has 0 unspecified atom stereocenters. The average Bonchev–Trinajstić information content (AvgIpc) is 2.46. The Morgan fingerprint density at radius 1 is 1.19 bits per heavy atom. The van der Waals surface area contributed by atoms with E-state index in [0.717, 1.165) is 5.56 Å². The maximum Gasteiger partial charge on any atom is 0.309 e. The summed E-state index contributed by atoms with van der Waals surface area (Å²) in [5.41, 5.74) is -0.115. The molecule has 21 heavy (non-hydrogen) atoms. The van der Waals surface area contributed by atoms with Gasteiger partial charge in [0.1, 0.15) is 5.60 Å². The van der Waals surface area contributed by atoms with Crippen LogP contribution in [0.4, 0.5) is 0 Å². The SMILES string of the molecule is COC[C@@](C)(O)CNC(=O)C(=O)NCCc1ccccc1. The Morgan fingerprint density at radius 3 is 2.43 bits per heavy atom. The number of methoxy groups -OCH3 is 1. The van der Waals surface area contributed by atoms with Crippen molar-refractivity contribution in [2.24, 2.45) is 0 Å². The number of carbonyl (C=O) groups is 2. The number of nitrogens with one attached hydrogen (secondary N) is 2. The fourth-order valence-corrected chi connectivity index (χ4v) is 1.76. The normalized spacial score (nSPS) is 13.3. The molecule has 1 atom stereocenters. The van der Waals surface area contributed by atoms with Crippen LogP contribution >= 0.6 is 0 Å². The summed E-state index contributed by atoms with van der Waals surface area (Å²) < 4.78 is 4.81. The van der Waals surface area contributed by atoms with Crippen LogP contribution in [0.15, 0.2) is 30.3 Å². The first-order valence-electron chi connectivity index (χ1n) is 6.76. The highest BCUT2D eigenvalue weighted by Gasteiger charge is 2.22. The third-order valence-corrected chi connectivity index (χ3v) is 2.83. The zero-order valence-corrected chi connectivity index (χ0v) is 12.4. The van der Waals surface area contributed by atoms with Crippen LogP contribution < -0.4 is 10.6 Å². The van der Waals surface area contributed by atoms with E-state index in [4.69, 9.17) is 4.74 Å². The number of hydrogen-bond acceptors (Lipinski definition) is 4. The maximum atomic E-state index is 11.6. The van der Waals surface area contributed by atoms with Gasteiger partial charge in [0.05, 0.1) is 6.61 Å². The third kappa shape index (κ3) is 6.87. The number of carbonyl (C=O) groups excluding carboxylic acids is 2. The molecule has 0 aliphatic rings. The molecule has 0 aliphatic heterocycles. The van der Waals surface area contributed by atoms with Crippen LogP contribution in [0.25, 0.3) is 0 Å². The lowest BCUT2D eigenvalue weighted by Crippen LogP contribution is -2.48. The number of ether oxygens (including phenoxy) is 1. The molecule has 1 rings (SSSR count). The molecule has 3 N–H and O–H groups in total. The zero-order valence-electron chi connectivity index (χ0n) is 12.4. The van der Waals surface area contributed by atoms with E-state index in [0.29, 0.717) is 13.0 Å². The summed E-state index contributed by atoms with van der Waals surface area (Å²) >= 11 is 0. The molecule has 0 saturated heterocycles. The van der Waals surface area contributed by atoms with Crippen molar-refractivity contribution in [2.45, 2.75) is 18.9 Å². The molecule has 6 heteroatoms. The van der Waals surface area contributed by atoms with Gasteiger partial charge in [0.2, 0.25) is 0 Å². The number of rotatable bonds is 7. The fraction of sp³-hybridized carbons (Fsp3) is 0.467. The van der Waals surface area contributed by atoms with Crippen LogP contribution in [0, 0.1) is 0 Å². The highest BCUT2D eigenvalue weighted by molar-refractivity contribution is 6.35. The molecule has 0 fully saturated rings. The molecule has 0 saturated carbocycles. The van der Waals surface area contributed by atoms with Gasteiger partial charge in [-0.05, 0) is 18.9 Å². The maximum absolute atomic E-state index is 11.6. The predicted molar refractivity (Wildman–Crippen MR) is 78.7 cm³/mol. The Kier molecular flexibility index (Phi) is 6.84. The van der Waals surface area contributed by atoms with Crippen molar-refractivity contribution in [1.29, 1.82) is 0 Å². The summed E-state index contributed by atoms with van der Waals surface area (Å²) in [6, 6.07) is 9.66. The third-order valence-electron chi connectivity index (χ3n) is 2.83. The lowest BCUT2D eigenvalue weighted by atomic mass is 10.1. The predicted octanol–water partition coefficient (Wildman–Crippen LogP) is -0.141. The van der Waals surface area contributed by atoms with E-state index in [2.05, 4.69) is 10.6 Å². The minimum atomic E-state index is -1.20. The first-order chi connectivity index (χ1) is 9.94. The molecule has 116 valence electrons. The van der Waals surface area contributed by atoms with E-state index in [1.54, 1.807) is 0 Å². The van der Waals surface area contributed by atoms with Gasteiger partial charge in [-0.3, -0.25) is 9.59 Å². The summed E-state index contributed by atoms with van der Waals surface area (Å²) in [5, 5.41) is 14.7. The van der Waals surface area contributed by atoms with Crippen LogP contribution in [0.5, 0.6) is 0 Å². The van der Waals surface area contributed by atoms with Crippen molar-refractivity contribution in [3.8, 4) is 0 Å². The Balaban J connectivity index is 2.27. The Hall–Kier alpha value is -1.92. The molecule has 0 heterocycles. The first kappa shape index (κ1) is 17.1. The summed E-state index contributed by atoms with van der Waals surface area (Å²) in [7, 11) is 1.45. The van der Waals surface area contributed by atoms with Crippen molar-refractivity contribution in [1.82, 2.24) is 10.6 Å². The largest absolute Gasteiger partial charge is 0.386 e. The molecule has 2 amide bonds. The molecular formula is C15H22N2O4. The highest BCUT2D eigenvalue weighted by atomic mass is 16.5. The van der Waals surface area contributed by atoms with E-state index < -0.39 is 17.4 Å². The summed E-state index contributed by atoms with van der Waals surface area (Å²) in [6.45, 7) is 1.92. The van der Waals surface area contributed by atoms with Gasteiger partial charge in [-0.15, -0.1) is 0 Å². The van der Waals surface area contributed by atoms with Crippen LogP contribution in [0.3, 0.4) is 0 Å². The minimum Gasteiger partial charge on any atom is -0.386 e. The molecule has 1 aromatic carbocycles. The molecule has 1 aromatic rings. The summed E-state index contributed by atoms with van der Waals surface area (Å²) in [5.74, 6) is -1.47. The second-order valence-electron chi connectivity index (χ2n) is 5.10. The number of aliphatic hydroxyl groups is 1. The fourth-order valence-electron chi connectivity index (χ4n) is 1.76. The second kappa shape index (κ2) is 8.39. The van der Waals surface area contributed by atoms with Gasteiger partial charge in [-0.25, -0.2) is 0 Å². The van der Waals surface area contributed by atoms with E-state index >= 15 is 0 Å². The molecule has 0 aromatic heterocycles. The van der Waals surface area contributed by atoms with Crippen molar-refractivity contribution >= 4 is 11.8 Å². The highest BCUT2D eigenvalue weighted by Crippen LogP contribution is 2.01. The van der Waals surface area contributed by atoms with Crippen molar-refractivity contribution < 1.29 is 19.4 Å². The van der Waals surface area contributed by atoms with Crippen LogP contribution in [0.2, 0.25) is 0 Å². The number of amides is 2. The Labute approximate surface area is 124 Å². The summed E-state index contributed by atoms with van der Waals surface area (Å²) in [6.07, 6.45) is 0.654. The lowest BCUT2D eigenvalue weighted by Gasteiger charge is -2.22. The minimum absolute atomic E-state index is 0.0498. The van der Waals surface area contributed by atoms with Gasteiger partial charge in [-0.1, -0.05) is 30.3 Å². The van der Waals surface area contributed by atoms with Gasteiger partial charge < -0.3 is 20.5 Å². The van der Waals surface area contributed by atoms with Crippen LogP contribution in [-0.4, -0.2) is 49.3 Å². The van der Waals surface area contributed by atoms with Gasteiger partial charge in [0.15, 0.2) is 0 Å². The van der Waals surface area contributed by atoms with Gasteiger partial charge in [-0.2, -0.15) is 0 Å². The smallest absolute Gasteiger partial charge is 0.309 e. The average molecular weight is 294 g/mol. The Bertz CT molecular complexity index is 460. The molecule has 0 bridgehead atoms. The lowest BCUT2D eigenvalue weighted by molar-refractivity contribution is -0.140. The van der Waals surface area contributed by atoms with Crippen molar-refractivity contribution in [3.05, 3.63) is 35.9 Å². The Morgan fingerprint density at radius 2 is 1.81 bits per heavy atom. The second-order valence-corrected chi connectivity index (χ2v) is 5.10.